The quantitative estimate of drug-likeness (QED) is 0.830. The van der Waals surface area contributed by atoms with Crippen molar-refractivity contribution in [3.05, 3.63) is 0 Å². The van der Waals surface area contributed by atoms with Crippen LogP contribution < -0.4 is 0 Å². The summed E-state index contributed by atoms with van der Waals surface area (Å²) >= 11 is 0. The monoisotopic (exact) mass is 269 g/mol. The third kappa shape index (κ3) is 4.77. The average molecular weight is 269 g/mol. The highest BCUT2D eigenvalue weighted by molar-refractivity contribution is 5.76. The molecular weight excluding hydrogens is 242 g/mol. The molecule has 4 heteroatoms. The molecule has 1 N–H and O–H groups in total. The van der Waals surface area contributed by atoms with Gasteiger partial charge in [0.2, 0.25) is 5.91 Å². The molecule has 2 aliphatic rings. The van der Waals surface area contributed by atoms with E-state index in [9.17, 15) is 4.79 Å². The Morgan fingerprint density at radius 3 is 2.58 bits per heavy atom. The Bertz CT molecular complexity index is 269. The normalized spacial score (nSPS) is 25.5. The predicted octanol–water partition coefficient (Wildman–Crippen LogP) is 1.96. The third-order valence-electron chi connectivity index (χ3n) is 4.46. The molecule has 0 aromatic carbocycles. The summed E-state index contributed by atoms with van der Waals surface area (Å²) < 4.78 is 5.67. The number of aliphatic hydroxyl groups is 1. The summed E-state index contributed by atoms with van der Waals surface area (Å²) in [6, 6.07) is 0. The van der Waals surface area contributed by atoms with Crippen LogP contribution in [0, 0.1) is 5.92 Å². The van der Waals surface area contributed by atoms with Crippen molar-refractivity contribution >= 4 is 5.91 Å². The Morgan fingerprint density at radius 2 is 1.95 bits per heavy atom. The largest absolute Gasteiger partial charge is 0.396 e. The number of carbonyl (C=O) groups is 1. The molecule has 110 valence electrons. The maximum Gasteiger partial charge on any atom is 0.222 e. The zero-order chi connectivity index (χ0) is 13.5. The van der Waals surface area contributed by atoms with Gasteiger partial charge >= 0.3 is 0 Å². The van der Waals surface area contributed by atoms with Gasteiger partial charge in [-0.2, -0.15) is 0 Å². The molecule has 1 atom stereocenters. The SMILES string of the molecule is O=C(CCC1CCCCO1)N1CCC(CCO)CC1. The van der Waals surface area contributed by atoms with Crippen LogP contribution in [0.15, 0.2) is 0 Å². The topological polar surface area (TPSA) is 49.8 Å². The molecule has 0 bridgehead atoms. The summed E-state index contributed by atoms with van der Waals surface area (Å²) in [7, 11) is 0. The first-order valence-corrected chi connectivity index (χ1v) is 7.80. The highest BCUT2D eigenvalue weighted by atomic mass is 16.5. The van der Waals surface area contributed by atoms with Crippen molar-refractivity contribution < 1.29 is 14.6 Å². The first kappa shape index (κ1) is 14.8. The van der Waals surface area contributed by atoms with Crippen LogP contribution in [-0.2, 0) is 9.53 Å². The first-order chi connectivity index (χ1) is 9.29. The standard InChI is InChI=1S/C15H27NO3/c17-11-8-13-6-9-16(10-7-13)15(18)5-4-14-3-1-2-12-19-14/h13-14,17H,1-12H2. The fourth-order valence-electron chi connectivity index (χ4n) is 3.13. The zero-order valence-corrected chi connectivity index (χ0v) is 11.9. The lowest BCUT2D eigenvalue weighted by molar-refractivity contribution is -0.133. The van der Waals surface area contributed by atoms with Gasteiger partial charge in [0.05, 0.1) is 6.10 Å². The van der Waals surface area contributed by atoms with Gasteiger partial charge in [-0.25, -0.2) is 0 Å². The number of carbonyl (C=O) groups excluding carboxylic acids is 1. The van der Waals surface area contributed by atoms with Gasteiger partial charge in [-0.05, 0) is 50.9 Å². The van der Waals surface area contributed by atoms with E-state index in [0.717, 1.165) is 51.8 Å². The van der Waals surface area contributed by atoms with Crippen molar-refractivity contribution in [2.75, 3.05) is 26.3 Å². The van der Waals surface area contributed by atoms with Crippen molar-refractivity contribution in [1.82, 2.24) is 4.90 Å². The van der Waals surface area contributed by atoms with E-state index in [0.29, 0.717) is 18.4 Å². The van der Waals surface area contributed by atoms with Crippen LogP contribution in [0.3, 0.4) is 0 Å². The molecule has 0 aromatic rings. The van der Waals surface area contributed by atoms with E-state index >= 15 is 0 Å². The van der Waals surface area contributed by atoms with E-state index in [1.54, 1.807) is 0 Å². The maximum absolute atomic E-state index is 12.1. The molecule has 0 radical (unpaired) electrons. The number of aliphatic hydroxyl groups excluding tert-OH is 1. The molecule has 2 saturated heterocycles. The molecule has 1 unspecified atom stereocenters. The van der Waals surface area contributed by atoms with Crippen LogP contribution in [0.1, 0.15) is 51.4 Å². The molecule has 0 aliphatic carbocycles. The summed E-state index contributed by atoms with van der Waals surface area (Å²) in [5, 5.41) is 8.93. The van der Waals surface area contributed by atoms with E-state index in [4.69, 9.17) is 9.84 Å². The van der Waals surface area contributed by atoms with Crippen LogP contribution >= 0.6 is 0 Å². The molecule has 2 rings (SSSR count). The molecule has 2 heterocycles. The first-order valence-electron chi connectivity index (χ1n) is 7.80. The molecular formula is C15H27NO3. The molecule has 0 saturated carbocycles. The smallest absolute Gasteiger partial charge is 0.222 e. The fraction of sp³-hybridized carbons (Fsp3) is 0.933. The van der Waals surface area contributed by atoms with Gasteiger partial charge in [0.15, 0.2) is 0 Å². The van der Waals surface area contributed by atoms with Crippen molar-refractivity contribution in [3.8, 4) is 0 Å². The number of rotatable bonds is 5. The van der Waals surface area contributed by atoms with Gasteiger partial charge in [-0.1, -0.05) is 0 Å². The number of amides is 1. The third-order valence-corrected chi connectivity index (χ3v) is 4.46. The lowest BCUT2D eigenvalue weighted by Crippen LogP contribution is -2.39. The Labute approximate surface area is 116 Å². The second-order valence-corrected chi connectivity index (χ2v) is 5.86. The number of nitrogens with zero attached hydrogens (tertiary/aromatic N) is 1. The molecule has 2 aliphatic heterocycles. The van der Waals surface area contributed by atoms with E-state index in [2.05, 4.69) is 0 Å². The second-order valence-electron chi connectivity index (χ2n) is 5.86. The molecule has 19 heavy (non-hydrogen) atoms. The Morgan fingerprint density at radius 1 is 1.16 bits per heavy atom. The number of likely N-dealkylation sites (tertiary alicyclic amines) is 1. The van der Waals surface area contributed by atoms with Gasteiger partial charge in [0, 0.05) is 32.7 Å². The van der Waals surface area contributed by atoms with Gasteiger partial charge < -0.3 is 14.7 Å². The van der Waals surface area contributed by atoms with Crippen molar-refractivity contribution in [3.63, 3.8) is 0 Å². The fourth-order valence-corrected chi connectivity index (χ4v) is 3.13. The minimum Gasteiger partial charge on any atom is -0.396 e. The number of piperidine rings is 1. The number of ether oxygens (including phenoxy) is 1. The Hall–Kier alpha value is -0.610. The van der Waals surface area contributed by atoms with Crippen LogP contribution in [0.4, 0.5) is 0 Å². The molecule has 4 nitrogen and oxygen atoms in total. The predicted molar refractivity (Wildman–Crippen MR) is 73.8 cm³/mol. The van der Waals surface area contributed by atoms with Crippen LogP contribution in [0.25, 0.3) is 0 Å². The van der Waals surface area contributed by atoms with Gasteiger partial charge in [-0.3, -0.25) is 4.79 Å². The minimum absolute atomic E-state index is 0.275. The maximum atomic E-state index is 12.1. The van der Waals surface area contributed by atoms with Gasteiger partial charge in [-0.15, -0.1) is 0 Å². The van der Waals surface area contributed by atoms with E-state index in [-0.39, 0.29) is 12.5 Å². The molecule has 1 amide bonds. The second kappa shape index (κ2) is 7.85. The van der Waals surface area contributed by atoms with E-state index in [1.165, 1.54) is 12.8 Å². The van der Waals surface area contributed by atoms with E-state index in [1.807, 2.05) is 4.90 Å². The van der Waals surface area contributed by atoms with Crippen LogP contribution in [0.5, 0.6) is 0 Å². The molecule has 0 aromatic heterocycles. The Kier molecular flexibility index (Phi) is 6.11. The average Bonchev–Trinajstić information content (AvgIpc) is 2.47. The van der Waals surface area contributed by atoms with Gasteiger partial charge in [0.1, 0.15) is 0 Å². The lowest BCUT2D eigenvalue weighted by Gasteiger charge is -2.32. The molecule has 2 fully saturated rings. The lowest BCUT2D eigenvalue weighted by atomic mass is 9.93. The minimum atomic E-state index is 0.275. The summed E-state index contributed by atoms with van der Waals surface area (Å²) in [5.41, 5.74) is 0. The highest BCUT2D eigenvalue weighted by Crippen LogP contribution is 2.22. The van der Waals surface area contributed by atoms with Crippen molar-refractivity contribution in [1.29, 1.82) is 0 Å². The number of hydrogen-bond acceptors (Lipinski definition) is 3. The van der Waals surface area contributed by atoms with Crippen LogP contribution in [0.2, 0.25) is 0 Å². The van der Waals surface area contributed by atoms with Crippen LogP contribution in [-0.4, -0.2) is 48.3 Å². The van der Waals surface area contributed by atoms with Crippen molar-refractivity contribution in [2.24, 2.45) is 5.92 Å². The summed E-state index contributed by atoms with van der Waals surface area (Å²) in [6.07, 6.45) is 8.34. The summed E-state index contributed by atoms with van der Waals surface area (Å²) in [5.74, 6) is 0.896. The molecule has 0 spiro atoms. The zero-order valence-electron chi connectivity index (χ0n) is 11.9. The van der Waals surface area contributed by atoms with E-state index < -0.39 is 0 Å². The summed E-state index contributed by atoms with van der Waals surface area (Å²) in [4.78, 5) is 14.1. The van der Waals surface area contributed by atoms with Crippen molar-refractivity contribution in [2.45, 2.75) is 57.5 Å². The summed E-state index contributed by atoms with van der Waals surface area (Å²) in [6.45, 7) is 2.88. The Balaban J connectivity index is 1.63. The highest BCUT2D eigenvalue weighted by Gasteiger charge is 2.23. The number of hydrogen-bond donors (Lipinski definition) is 1. The van der Waals surface area contributed by atoms with Gasteiger partial charge in [0.25, 0.3) is 0 Å².